The van der Waals surface area contributed by atoms with E-state index in [1.165, 1.54) is 18.7 Å². The molecule has 2 aromatic rings. The number of alkyl halides is 2. The molecule has 0 aromatic carbocycles. The first-order valence-electron chi connectivity index (χ1n) is 9.95. The fourth-order valence-electron chi connectivity index (χ4n) is 3.59. The molecule has 0 saturated heterocycles. The second-order valence-corrected chi connectivity index (χ2v) is 8.83. The monoisotopic (exact) mass is 432 g/mol. The van der Waals surface area contributed by atoms with Gasteiger partial charge in [0.25, 0.3) is 5.92 Å². The van der Waals surface area contributed by atoms with Gasteiger partial charge in [0.15, 0.2) is 6.61 Å². The van der Waals surface area contributed by atoms with E-state index < -0.39 is 18.1 Å². The Balaban J connectivity index is 1.71. The van der Waals surface area contributed by atoms with Crippen molar-refractivity contribution in [2.45, 2.75) is 58.6 Å². The van der Waals surface area contributed by atoms with Crippen molar-refractivity contribution >= 4 is 5.95 Å². The average molecular weight is 432 g/mol. The fourth-order valence-corrected chi connectivity index (χ4v) is 3.59. The lowest BCUT2D eigenvalue weighted by Crippen LogP contribution is -2.59. The molecule has 0 radical (unpaired) electrons. The van der Waals surface area contributed by atoms with Gasteiger partial charge in [-0.3, -0.25) is 0 Å². The summed E-state index contributed by atoms with van der Waals surface area (Å²) in [5.41, 5.74) is 0.396. The summed E-state index contributed by atoms with van der Waals surface area (Å²) in [6.07, 6.45) is 5.30. The van der Waals surface area contributed by atoms with Crippen molar-refractivity contribution in [2.24, 2.45) is 11.3 Å². The van der Waals surface area contributed by atoms with Crippen LogP contribution in [-0.4, -0.2) is 43.2 Å². The number of nitrogens with zero attached hydrogens (tertiary/aromatic N) is 5. The van der Waals surface area contributed by atoms with Gasteiger partial charge in [0.2, 0.25) is 11.8 Å². The van der Waals surface area contributed by atoms with Crippen LogP contribution in [0.4, 0.5) is 14.7 Å². The molecule has 2 atom stereocenters. The molecule has 1 saturated carbocycles. The Bertz CT molecular complexity index is 985. The summed E-state index contributed by atoms with van der Waals surface area (Å²) in [7, 11) is 0. The Morgan fingerprint density at radius 2 is 2.06 bits per heavy atom. The van der Waals surface area contributed by atoms with Gasteiger partial charge < -0.3 is 15.2 Å². The largest absolute Gasteiger partial charge is 0.471 e. The van der Waals surface area contributed by atoms with Gasteiger partial charge in [-0.1, -0.05) is 13.8 Å². The summed E-state index contributed by atoms with van der Waals surface area (Å²) in [6, 6.07) is 2.11. The summed E-state index contributed by atoms with van der Waals surface area (Å²) in [4.78, 5) is 16.5. The molecular formula is C21H26F2N6O2. The van der Waals surface area contributed by atoms with E-state index in [-0.39, 0.29) is 29.7 Å². The van der Waals surface area contributed by atoms with Gasteiger partial charge in [0, 0.05) is 19.7 Å². The molecule has 2 heterocycles. The maximum absolute atomic E-state index is 13.1. The van der Waals surface area contributed by atoms with Crippen LogP contribution in [-0.2, 0) is 13.0 Å². The topological polar surface area (TPSA) is 117 Å². The zero-order valence-electron chi connectivity index (χ0n) is 18.0. The van der Waals surface area contributed by atoms with E-state index in [1.54, 1.807) is 0 Å². The lowest BCUT2D eigenvalue weighted by atomic mass is 9.51. The van der Waals surface area contributed by atoms with Crippen LogP contribution in [0.15, 0.2) is 18.7 Å². The lowest BCUT2D eigenvalue weighted by Gasteiger charge is -2.57. The molecule has 2 aromatic heterocycles. The van der Waals surface area contributed by atoms with E-state index in [0.717, 1.165) is 6.92 Å². The van der Waals surface area contributed by atoms with E-state index >= 15 is 0 Å². The van der Waals surface area contributed by atoms with Crippen LogP contribution in [0.3, 0.4) is 0 Å². The maximum atomic E-state index is 13.1. The Hall–Kier alpha value is -2.93. The highest BCUT2D eigenvalue weighted by Crippen LogP contribution is 2.55. The molecule has 31 heavy (non-hydrogen) atoms. The highest BCUT2D eigenvalue weighted by molar-refractivity contribution is 5.38. The minimum atomic E-state index is -2.99. The third-order valence-electron chi connectivity index (χ3n) is 6.13. The fraction of sp³-hybridized carbons (Fsp3) is 0.571. The number of halogens is 2. The molecule has 1 aliphatic carbocycles. The average Bonchev–Trinajstić information content (AvgIpc) is 2.70. The second-order valence-electron chi connectivity index (χ2n) is 8.83. The van der Waals surface area contributed by atoms with Crippen LogP contribution in [0, 0.1) is 22.7 Å². The Kier molecular flexibility index (Phi) is 6.09. The van der Waals surface area contributed by atoms with Gasteiger partial charge in [-0.2, -0.15) is 5.26 Å². The van der Waals surface area contributed by atoms with Gasteiger partial charge in [-0.15, -0.1) is 0 Å². The number of nitrogens with one attached hydrogen (secondary N) is 1. The molecule has 1 aliphatic rings. The molecule has 1 fully saturated rings. The van der Waals surface area contributed by atoms with Crippen molar-refractivity contribution in [3.8, 4) is 11.9 Å². The first-order chi connectivity index (χ1) is 14.4. The third kappa shape index (κ3) is 5.05. The van der Waals surface area contributed by atoms with E-state index in [9.17, 15) is 19.1 Å². The van der Waals surface area contributed by atoms with E-state index in [1.807, 2.05) is 20.8 Å². The summed E-state index contributed by atoms with van der Waals surface area (Å²) in [5, 5.41) is 22.8. The van der Waals surface area contributed by atoms with Crippen molar-refractivity contribution in [1.29, 1.82) is 5.26 Å². The van der Waals surface area contributed by atoms with Gasteiger partial charge in [0.05, 0.1) is 28.6 Å². The Morgan fingerprint density at radius 3 is 2.68 bits per heavy atom. The highest BCUT2D eigenvalue weighted by Gasteiger charge is 2.55. The van der Waals surface area contributed by atoms with Crippen LogP contribution in [0.5, 0.6) is 5.88 Å². The molecule has 0 spiro atoms. The number of rotatable bonds is 8. The van der Waals surface area contributed by atoms with E-state index in [4.69, 9.17) is 4.74 Å². The van der Waals surface area contributed by atoms with Gasteiger partial charge in [-0.25, -0.2) is 28.7 Å². The zero-order valence-corrected chi connectivity index (χ0v) is 18.0. The van der Waals surface area contributed by atoms with Crippen molar-refractivity contribution < 1.29 is 18.6 Å². The van der Waals surface area contributed by atoms with Gasteiger partial charge >= 0.3 is 0 Å². The summed E-state index contributed by atoms with van der Waals surface area (Å²) in [5.74, 6) is -2.47. The number of ether oxygens (including phenoxy) is 1. The number of aromatic nitrogens is 4. The van der Waals surface area contributed by atoms with E-state index in [2.05, 4.69) is 31.3 Å². The Labute approximate surface area is 179 Å². The van der Waals surface area contributed by atoms with Crippen LogP contribution in [0.1, 0.15) is 50.9 Å². The lowest BCUT2D eigenvalue weighted by molar-refractivity contribution is -0.181. The molecular weight excluding hydrogens is 406 g/mol. The smallest absolute Gasteiger partial charge is 0.278 e. The number of hydrogen-bond donors (Lipinski definition) is 2. The van der Waals surface area contributed by atoms with Gasteiger partial charge in [0.1, 0.15) is 12.4 Å². The molecule has 0 bridgehead atoms. The van der Waals surface area contributed by atoms with Crippen molar-refractivity contribution in [2.75, 3.05) is 11.9 Å². The quantitative estimate of drug-likeness (QED) is 0.653. The molecule has 166 valence electrons. The standard InChI is InChI=1S/C21H26F2N6O2/c1-19(2)15(6-20(19,3)30)5-16-13(7-24)9-26-18(29-16)27-10-14-8-25-12-28-17(14)31-11-21(4,22)23/h8-9,12,15,30H,5-6,10-11H2,1-4H3,(H,26,27,29)/t15-,20+/m1/s1. The first kappa shape index (κ1) is 22.7. The van der Waals surface area contributed by atoms with Gasteiger partial charge in [-0.05, 0) is 31.1 Å². The minimum Gasteiger partial charge on any atom is -0.471 e. The summed E-state index contributed by atoms with van der Waals surface area (Å²) in [6.45, 7) is 5.95. The highest BCUT2D eigenvalue weighted by atomic mass is 19.3. The zero-order chi connectivity index (χ0) is 22.9. The van der Waals surface area contributed by atoms with Crippen LogP contribution in [0.25, 0.3) is 0 Å². The molecule has 8 nitrogen and oxygen atoms in total. The second kappa shape index (κ2) is 8.30. The summed E-state index contributed by atoms with van der Waals surface area (Å²) < 4.78 is 31.3. The number of anilines is 1. The SMILES string of the molecule is CC(F)(F)COc1ncncc1CNc1ncc(C#N)c(C[C@@H]2C[C@](C)(O)C2(C)C)n1. The summed E-state index contributed by atoms with van der Waals surface area (Å²) >= 11 is 0. The molecule has 0 aliphatic heterocycles. The molecule has 0 unspecified atom stereocenters. The Morgan fingerprint density at radius 1 is 1.32 bits per heavy atom. The maximum Gasteiger partial charge on any atom is 0.278 e. The number of hydrogen-bond acceptors (Lipinski definition) is 8. The van der Waals surface area contributed by atoms with Crippen molar-refractivity contribution in [1.82, 2.24) is 19.9 Å². The first-order valence-corrected chi connectivity index (χ1v) is 9.95. The van der Waals surface area contributed by atoms with Crippen molar-refractivity contribution in [3.63, 3.8) is 0 Å². The number of aliphatic hydroxyl groups is 1. The van der Waals surface area contributed by atoms with Crippen LogP contribution >= 0.6 is 0 Å². The molecule has 10 heteroatoms. The third-order valence-corrected chi connectivity index (χ3v) is 6.13. The van der Waals surface area contributed by atoms with E-state index in [0.29, 0.717) is 29.7 Å². The predicted molar refractivity (Wildman–Crippen MR) is 108 cm³/mol. The minimum absolute atomic E-state index is 0.0522. The number of nitriles is 1. The normalized spacial score (nSPS) is 22.3. The molecule has 2 N–H and O–H groups in total. The molecule has 0 amide bonds. The van der Waals surface area contributed by atoms with Crippen LogP contribution in [0.2, 0.25) is 0 Å². The van der Waals surface area contributed by atoms with Crippen molar-refractivity contribution in [3.05, 3.63) is 35.5 Å². The molecule has 3 rings (SSSR count). The predicted octanol–water partition coefficient (Wildman–Crippen LogP) is 3.12. The van der Waals surface area contributed by atoms with Crippen LogP contribution < -0.4 is 10.1 Å².